The molecule has 0 saturated carbocycles. The van der Waals surface area contributed by atoms with Gasteiger partial charge < -0.3 is 35.0 Å². The molecule has 0 bridgehead atoms. The topological polar surface area (TPSA) is 154 Å². The summed E-state index contributed by atoms with van der Waals surface area (Å²) in [6, 6.07) is 0. The van der Waals surface area contributed by atoms with Gasteiger partial charge in [0.2, 0.25) is 0 Å². The molecule has 0 aromatic rings. The van der Waals surface area contributed by atoms with Crippen molar-refractivity contribution in [3.63, 3.8) is 0 Å². The Labute approximate surface area is 141 Å². The van der Waals surface area contributed by atoms with Crippen molar-refractivity contribution in [3.8, 4) is 0 Å². The number of methoxy groups -OCH3 is 1. The molecule has 1 atom stereocenters. The molecule has 0 aromatic heterocycles. The van der Waals surface area contributed by atoms with Gasteiger partial charge in [-0.25, -0.2) is 9.59 Å². The Kier molecular flexibility index (Phi) is 19.8. The van der Waals surface area contributed by atoms with Gasteiger partial charge >= 0.3 is 11.9 Å². The fourth-order valence-electron chi connectivity index (χ4n) is 1.02. The number of carboxylic acids is 2. The van der Waals surface area contributed by atoms with Gasteiger partial charge in [-0.2, -0.15) is 0 Å². The number of aliphatic hydroxyl groups is 3. The molecule has 24 heavy (non-hydrogen) atoms. The van der Waals surface area contributed by atoms with Crippen molar-refractivity contribution in [1.82, 2.24) is 0 Å². The molecule has 0 aliphatic carbocycles. The molecule has 0 rings (SSSR count). The molecule has 9 heteroatoms. The predicted octanol–water partition coefficient (Wildman–Crippen LogP) is -0.485. The Morgan fingerprint density at radius 1 is 1.00 bits per heavy atom. The molecule has 0 heterocycles. The molecular formula is C15H28O9. The fourth-order valence-corrected chi connectivity index (χ4v) is 1.02. The molecule has 1 unspecified atom stereocenters. The van der Waals surface area contributed by atoms with Gasteiger partial charge in [0, 0.05) is 19.3 Å². The van der Waals surface area contributed by atoms with Gasteiger partial charge in [-0.05, 0) is 6.92 Å². The molecule has 9 nitrogen and oxygen atoms in total. The average Bonchev–Trinajstić information content (AvgIpc) is 2.58. The van der Waals surface area contributed by atoms with Gasteiger partial charge in [0.15, 0.2) is 0 Å². The zero-order valence-corrected chi connectivity index (χ0v) is 14.1. The van der Waals surface area contributed by atoms with E-state index in [0.717, 1.165) is 12.2 Å². The second-order valence-electron chi connectivity index (χ2n) is 4.43. The summed E-state index contributed by atoms with van der Waals surface area (Å²) >= 11 is 0. The number of aliphatic hydroxyl groups excluding tert-OH is 3. The van der Waals surface area contributed by atoms with Gasteiger partial charge in [-0.1, -0.05) is 13.2 Å². The molecule has 0 aliphatic rings. The minimum Gasteiger partial charge on any atom is -0.478 e. The number of hydrogen-bond acceptors (Lipinski definition) is 7. The number of hydrogen-bond donors (Lipinski definition) is 5. The van der Waals surface area contributed by atoms with Crippen molar-refractivity contribution >= 4 is 11.9 Å². The van der Waals surface area contributed by atoms with E-state index in [1.54, 1.807) is 14.0 Å². The van der Waals surface area contributed by atoms with E-state index in [-0.39, 0.29) is 19.8 Å². The normalized spacial score (nSPS) is 11.0. The lowest BCUT2D eigenvalue weighted by Gasteiger charge is -2.33. The summed E-state index contributed by atoms with van der Waals surface area (Å²) in [5, 5.41) is 42.4. The first-order chi connectivity index (χ1) is 11.2. The molecule has 0 radical (unpaired) electrons. The van der Waals surface area contributed by atoms with Crippen molar-refractivity contribution in [3.05, 3.63) is 25.3 Å². The first kappa shape index (κ1) is 27.1. The van der Waals surface area contributed by atoms with Crippen LogP contribution in [0.5, 0.6) is 0 Å². The number of carbonyl (C=O) groups is 2. The second kappa shape index (κ2) is 17.6. The molecule has 0 aromatic carbocycles. The van der Waals surface area contributed by atoms with E-state index >= 15 is 0 Å². The Hall–Kier alpha value is -1.78. The highest BCUT2D eigenvalue weighted by Gasteiger charge is 2.35. The summed E-state index contributed by atoms with van der Waals surface area (Å²) in [5.74, 6) is -1.96. The summed E-state index contributed by atoms with van der Waals surface area (Å²) in [4.78, 5) is 18.5. The maximum atomic E-state index is 9.25. The van der Waals surface area contributed by atoms with E-state index < -0.39 is 23.5 Å². The smallest absolute Gasteiger partial charge is 0.327 e. The van der Waals surface area contributed by atoms with Crippen LogP contribution in [0.25, 0.3) is 0 Å². The van der Waals surface area contributed by atoms with Crippen LogP contribution >= 0.6 is 0 Å². The van der Waals surface area contributed by atoms with Crippen LogP contribution in [-0.4, -0.2) is 83.7 Å². The van der Waals surface area contributed by atoms with Crippen molar-refractivity contribution in [2.24, 2.45) is 5.41 Å². The van der Waals surface area contributed by atoms with Crippen molar-refractivity contribution < 1.29 is 44.6 Å². The lowest BCUT2D eigenvalue weighted by Crippen LogP contribution is -2.45. The number of ether oxygens (including phenoxy) is 2. The zero-order chi connectivity index (χ0) is 19.6. The first-order valence-corrected chi connectivity index (χ1v) is 6.85. The third-order valence-corrected chi connectivity index (χ3v) is 2.81. The summed E-state index contributed by atoms with van der Waals surface area (Å²) in [7, 11) is 1.56. The Balaban J connectivity index is -0.000000361. The van der Waals surface area contributed by atoms with Crippen LogP contribution in [0, 0.1) is 5.41 Å². The summed E-state index contributed by atoms with van der Waals surface area (Å²) in [6.07, 6.45) is 1.25. The minimum atomic E-state index is -0.981. The highest BCUT2D eigenvalue weighted by molar-refractivity contribution is 5.79. The van der Waals surface area contributed by atoms with Crippen molar-refractivity contribution in [2.45, 2.75) is 13.0 Å². The maximum Gasteiger partial charge on any atom is 0.327 e. The van der Waals surface area contributed by atoms with Gasteiger partial charge in [0.05, 0.1) is 44.6 Å². The van der Waals surface area contributed by atoms with E-state index in [2.05, 4.69) is 13.2 Å². The Bertz CT molecular complexity index is 325. The highest BCUT2D eigenvalue weighted by Crippen LogP contribution is 2.22. The van der Waals surface area contributed by atoms with Crippen LogP contribution in [0.4, 0.5) is 0 Å². The molecule has 0 spiro atoms. The number of rotatable bonds is 10. The van der Waals surface area contributed by atoms with Crippen LogP contribution in [0.15, 0.2) is 25.3 Å². The molecule has 5 N–H and O–H groups in total. The number of carboxylic acid groups (broad SMARTS) is 2. The Morgan fingerprint density at radius 2 is 1.33 bits per heavy atom. The van der Waals surface area contributed by atoms with Crippen LogP contribution in [-0.2, 0) is 19.1 Å². The summed E-state index contributed by atoms with van der Waals surface area (Å²) in [5.41, 5.74) is -0.978. The van der Waals surface area contributed by atoms with Gasteiger partial charge in [-0.15, -0.1) is 0 Å². The predicted molar refractivity (Wildman–Crippen MR) is 86.6 cm³/mol. The first-order valence-electron chi connectivity index (χ1n) is 6.85. The number of aliphatic carboxylic acids is 2. The summed E-state index contributed by atoms with van der Waals surface area (Å²) in [6.45, 7) is 7.52. The average molecular weight is 352 g/mol. The van der Waals surface area contributed by atoms with Crippen molar-refractivity contribution in [1.29, 1.82) is 0 Å². The van der Waals surface area contributed by atoms with Crippen molar-refractivity contribution in [2.75, 3.05) is 40.1 Å². The SMILES string of the molecule is C=CC(=O)O.C=CC(=O)O.COCCOC(C)C(CO)(CO)CO. The molecule has 0 fully saturated rings. The minimum absolute atomic E-state index is 0.311. The van der Waals surface area contributed by atoms with Crippen LogP contribution in [0.1, 0.15) is 6.92 Å². The second-order valence-corrected chi connectivity index (χ2v) is 4.43. The monoisotopic (exact) mass is 352 g/mol. The van der Waals surface area contributed by atoms with Gasteiger partial charge in [0.25, 0.3) is 0 Å². The maximum absolute atomic E-state index is 9.25. The van der Waals surface area contributed by atoms with E-state index in [4.69, 9.17) is 35.0 Å². The van der Waals surface area contributed by atoms with Gasteiger partial charge in [0.1, 0.15) is 0 Å². The third kappa shape index (κ3) is 15.1. The molecule has 0 saturated heterocycles. The lowest BCUT2D eigenvalue weighted by molar-refractivity contribution is -0.132. The molecular weight excluding hydrogens is 324 g/mol. The molecule has 0 amide bonds. The van der Waals surface area contributed by atoms with Crippen LogP contribution in [0.3, 0.4) is 0 Å². The van der Waals surface area contributed by atoms with Gasteiger partial charge in [-0.3, -0.25) is 0 Å². The van der Waals surface area contributed by atoms with Crippen LogP contribution < -0.4 is 0 Å². The molecule has 0 aliphatic heterocycles. The highest BCUT2D eigenvalue weighted by atomic mass is 16.5. The molecule has 142 valence electrons. The summed E-state index contributed by atoms with van der Waals surface area (Å²) < 4.78 is 10.1. The van der Waals surface area contributed by atoms with E-state index in [9.17, 15) is 9.59 Å². The van der Waals surface area contributed by atoms with E-state index in [1.165, 1.54) is 0 Å². The quantitative estimate of drug-likeness (QED) is 0.259. The lowest BCUT2D eigenvalue weighted by atomic mass is 9.85. The Morgan fingerprint density at radius 3 is 1.54 bits per heavy atom. The fraction of sp³-hybridized carbons (Fsp3) is 0.600. The van der Waals surface area contributed by atoms with Crippen LogP contribution in [0.2, 0.25) is 0 Å². The largest absolute Gasteiger partial charge is 0.478 e. The van der Waals surface area contributed by atoms with E-state index in [1.807, 2.05) is 0 Å². The standard InChI is InChI=1S/C9H20O5.2C3H4O2/c1-8(14-4-3-13-2)9(5-10,6-11)7-12;2*1-2-3(4)5/h8,10-12H,3-7H2,1-2H3;2*2H,1H2,(H,4,5). The third-order valence-electron chi connectivity index (χ3n) is 2.81. The van der Waals surface area contributed by atoms with E-state index in [0.29, 0.717) is 13.2 Å². The zero-order valence-electron chi connectivity index (χ0n) is 14.1.